The van der Waals surface area contributed by atoms with Gasteiger partial charge in [-0.2, -0.15) is 0 Å². The molecule has 164 valence electrons. The van der Waals surface area contributed by atoms with Gasteiger partial charge < -0.3 is 23.8 Å². The molecule has 0 N–H and O–H groups in total. The van der Waals surface area contributed by atoms with E-state index in [9.17, 15) is 9.59 Å². The number of carbonyl (C=O) groups excluding carboxylic acids is 2. The predicted octanol–water partition coefficient (Wildman–Crippen LogP) is 2.71. The van der Waals surface area contributed by atoms with Crippen LogP contribution < -0.4 is 4.74 Å². The summed E-state index contributed by atoms with van der Waals surface area (Å²) in [5.74, 6) is 0.320. The van der Waals surface area contributed by atoms with Gasteiger partial charge in [0.25, 0.3) is 5.91 Å². The average Bonchev–Trinajstić information content (AvgIpc) is 3.17. The molecule has 0 bridgehead atoms. The van der Waals surface area contributed by atoms with Crippen LogP contribution in [0.4, 0.5) is 0 Å². The maximum absolute atomic E-state index is 13.1. The van der Waals surface area contributed by atoms with Crippen LogP contribution in [0.2, 0.25) is 0 Å². The van der Waals surface area contributed by atoms with E-state index in [1.807, 2.05) is 62.0 Å². The maximum Gasteiger partial charge on any atom is 0.261 e. The van der Waals surface area contributed by atoms with Gasteiger partial charge in [-0.05, 0) is 37.6 Å². The summed E-state index contributed by atoms with van der Waals surface area (Å²) in [6.07, 6.45) is 2.70. The summed E-state index contributed by atoms with van der Waals surface area (Å²) < 4.78 is 12.8. The number of carbonyl (C=O) groups is 2. The molecule has 1 aromatic carbocycles. The first kappa shape index (κ1) is 23.5. The van der Waals surface area contributed by atoms with Crippen LogP contribution in [0.15, 0.2) is 48.7 Å². The van der Waals surface area contributed by atoms with Gasteiger partial charge in [-0.15, -0.1) is 0 Å². The number of aryl methyl sites for hydroxylation is 1. The van der Waals surface area contributed by atoms with Gasteiger partial charge in [0.2, 0.25) is 5.91 Å². The number of hydrogen-bond acceptors (Lipinski definition) is 4. The molecule has 0 fully saturated rings. The first-order valence-electron chi connectivity index (χ1n) is 10.3. The molecular formula is C23H33N3O4. The summed E-state index contributed by atoms with van der Waals surface area (Å²) in [5.41, 5.74) is 1.02. The number of methoxy groups -OCH3 is 1. The molecule has 1 aromatic heterocycles. The van der Waals surface area contributed by atoms with E-state index in [1.165, 1.54) is 0 Å². The molecule has 1 heterocycles. The molecule has 0 saturated heterocycles. The van der Waals surface area contributed by atoms with E-state index in [0.717, 1.165) is 12.1 Å². The van der Waals surface area contributed by atoms with Crippen LogP contribution in [0, 0.1) is 0 Å². The molecule has 0 aliphatic rings. The summed E-state index contributed by atoms with van der Waals surface area (Å²) in [7, 11) is 3.56. The van der Waals surface area contributed by atoms with Crippen molar-refractivity contribution in [1.29, 1.82) is 0 Å². The van der Waals surface area contributed by atoms with Crippen molar-refractivity contribution in [2.24, 2.45) is 7.05 Å². The lowest BCUT2D eigenvalue weighted by molar-refractivity contribution is -0.144. The highest BCUT2D eigenvalue weighted by Gasteiger charge is 2.25. The van der Waals surface area contributed by atoms with E-state index in [1.54, 1.807) is 29.0 Å². The quantitative estimate of drug-likeness (QED) is 0.535. The molecule has 2 amide bonds. The second kappa shape index (κ2) is 12.0. The van der Waals surface area contributed by atoms with Crippen molar-refractivity contribution >= 4 is 11.8 Å². The van der Waals surface area contributed by atoms with E-state index in [2.05, 4.69) is 0 Å². The van der Waals surface area contributed by atoms with E-state index in [-0.39, 0.29) is 31.0 Å². The van der Waals surface area contributed by atoms with Crippen LogP contribution in [0.3, 0.4) is 0 Å². The van der Waals surface area contributed by atoms with Gasteiger partial charge >= 0.3 is 0 Å². The Bertz CT molecular complexity index is 791. The number of aromatic nitrogens is 1. The summed E-state index contributed by atoms with van der Waals surface area (Å²) >= 11 is 0. The lowest BCUT2D eigenvalue weighted by Gasteiger charge is -2.31. The Labute approximate surface area is 179 Å². The molecule has 7 heteroatoms. The Morgan fingerprint density at radius 1 is 1.10 bits per heavy atom. The molecule has 2 aromatic rings. The fourth-order valence-electron chi connectivity index (χ4n) is 3.05. The van der Waals surface area contributed by atoms with E-state index < -0.39 is 0 Å². The van der Waals surface area contributed by atoms with Gasteiger partial charge in [-0.3, -0.25) is 9.59 Å². The number of ether oxygens (including phenoxy) is 2. The van der Waals surface area contributed by atoms with Crippen molar-refractivity contribution in [2.45, 2.75) is 32.9 Å². The zero-order valence-corrected chi connectivity index (χ0v) is 18.4. The van der Waals surface area contributed by atoms with E-state index >= 15 is 0 Å². The van der Waals surface area contributed by atoms with Crippen LogP contribution in [0.1, 0.15) is 26.0 Å². The number of para-hydroxylation sites is 1. The zero-order valence-electron chi connectivity index (χ0n) is 18.4. The smallest absolute Gasteiger partial charge is 0.261 e. The van der Waals surface area contributed by atoms with Crippen molar-refractivity contribution < 1.29 is 19.1 Å². The molecule has 30 heavy (non-hydrogen) atoms. The monoisotopic (exact) mass is 415 g/mol. The summed E-state index contributed by atoms with van der Waals surface area (Å²) in [5, 5.41) is 0. The third kappa shape index (κ3) is 6.91. The second-order valence-corrected chi connectivity index (χ2v) is 7.30. The van der Waals surface area contributed by atoms with Crippen LogP contribution in [0.25, 0.3) is 0 Å². The molecule has 1 atom stereocenters. The Hall–Kier alpha value is -2.80. The van der Waals surface area contributed by atoms with Crippen molar-refractivity contribution in [1.82, 2.24) is 14.4 Å². The van der Waals surface area contributed by atoms with Crippen molar-refractivity contribution in [3.05, 3.63) is 54.4 Å². The first-order valence-corrected chi connectivity index (χ1v) is 10.3. The Morgan fingerprint density at radius 2 is 1.83 bits per heavy atom. The van der Waals surface area contributed by atoms with Crippen molar-refractivity contribution in [2.75, 3.05) is 33.4 Å². The van der Waals surface area contributed by atoms with Gasteiger partial charge in [-0.25, -0.2) is 0 Å². The second-order valence-electron chi connectivity index (χ2n) is 7.30. The third-order valence-electron chi connectivity index (χ3n) is 5.18. The summed E-state index contributed by atoms with van der Waals surface area (Å²) in [4.78, 5) is 29.3. The number of benzene rings is 1. The SMILES string of the molecule is CCC(C)N(CC(=O)N(CCOC)Cc1cccn1C)C(=O)COc1ccccc1. The summed E-state index contributed by atoms with van der Waals surface area (Å²) in [6, 6.07) is 13.1. The highest BCUT2D eigenvalue weighted by atomic mass is 16.5. The molecule has 0 saturated carbocycles. The van der Waals surface area contributed by atoms with Gasteiger partial charge in [0, 0.05) is 38.6 Å². The predicted molar refractivity (Wildman–Crippen MR) is 116 cm³/mol. The molecule has 0 aliphatic carbocycles. The topological polar surface area (TPSA) is 64.0 Å². The fourth-order valence-corrected chi connectivity index (χ4v) is 3.05. The fraction of sp³-hybridized carbons (Fsp3) is 0.478. The molecule has 0 spiro atoms. The van der Waals surface area contributed by atoms with E-state index in [4.69, 9.17) is 9.47 Å². The lowest BCUT2D eigenvalue weighted by atomic mass is 10.2. The van der Waals surface area contributed by atoms with Gasteiger partial charge in [-0.1, -0.05) is 25.1 Å². The van der Waals surface area contributed by atoms with Crippen LogP contribution in [0.5, 0.6) is 5.75 Å². The van der Waals surface area contributed by atoms with Crippen LogP contribution in [-0.2, 0) is 27.9 Å². The molecule has 2 rings (SSSR count). The standard InChI is InChI=1S/C23H33N3O4/c1-5-19(2)26(23(28)18-30-21-11-7-6-8-12-21)17-22(27)25(14-15-29-4)16-20-10-9-13-24(20)3/h6-13,19H,5,14-18H2,1-4H3. The zero-order chi connectivity index (χ0) is 21.9. The average molecular weight is 416 g/mol. The number of hydrogen-bond donors (Lipinski definition) is 0. The van der Waals surface area contributed by atoms with Crippen molar-refractivity contribution in [3.63, 3.8) is 0 Å². The van der Waals surface area contributed by atoms with Gasteiger partial charge in [0.15, 0.2) is 6.61 Å². The lowest BCUT2D eigenvalue weighted by Crippen LogP contribution is -2.48. The number of nitrogens with zero attached hydrogens (tertiary/aromatic N) is 3. The Balaban J connectivity index is 2.06. The minimum absolute atomic E-state index is 0.0140. The molecule has 1 unspecified atom stereocenters. The van der Waals surface area contributed by atoms with E-state index in [0.29, 0.717) is 25.4 Å². The van der Waals surface area contributed by atoms with Crippen molar-refractivity contribution in [3.8, 4) is 5.75 Å². The first-order chi connectivity index (χ1) is 14.5. The van der Waals surface area contributed by atoms with Gasteiger partial charge in [0.05, 0.1) is 13.2 Å². The summed E-state index contributed by atoms with van der Waals surface area (Å²) in [6.45, 7) is 5.23. The highest BCUT2D eigenvalue weighted by Crippen LogP contribution is 2.12. The Morgan fingerprint density at radius 3 is 2.43 bits per heavy atom. The number of rotatable bonds is 12. The molecule has 0 radical (unpaired) electrons. The number of amides is 2. The normalized spacial score (nSPS) is 11.7. The minimum atomic E-state index is -0.202. The largest absolute Gasteiger partial charge is 0.484 e. The maximum atomic E-state index is 13.1. The van der Waals surface area contributed by atoms with Crippen LogP contribution in [-0.4, -0.2) is 65.6 Å². The third-order valence-corrected chi connectivity index (χ3v) is 5.18. The highest BCUT2D eigenvalue weighted by molar-refractivity contribution is 5.85. The molecule has 0 aliphatic heterocycles. The minimum Gasteiger partial charge on any atom is -0.484 e. The molecular weight excluding hydrogens is 382 g/mol. The Kier molecular flexibility index (Phi) is 9.41. The van der Waals surface area contributed by atoms with Gasteiger partial charge in [0.1, 0.15) is 12.3 Å². The van der Waals surface area contributed by atoms with Crippen LogP contribution >= 0.6 is 0 Å². The molecule has 7 nitrogen and oxygen atoms in total.